The number of benzene rings is 2. The summed E-state index contributed by atoms with van der Waals surface area (Å²) in [5, 5.41) is 4.29. The van der Waals surface area contributed by atoms with Gasteiger partial charge in [-0.3, -0.25) is 14.5 Å². The van der Waals surface area contributed by atoms with Crippen LogP contribution in [0.1, 0.15) is 105 Å². The Balaban J connectivity index is 0.000000858. The normalized spacial score (nSPS) is 18.7. The Kier molecular flexibility index (Phi) is 13.5. The molecule has 5 nitrogen and oxygen atoms in total. The van der Waals surface area contributed by atoms with Crippen LogP contribution in [0.2, 0.25) is 10.0 Å². The molecule has 1 aliphatic heterocycles. The van der Waals surface area contributed by atoms with Gasteiger partial charge in [0.25, 0.3) is 0 Å². The molecule has 222 valence electrons. The molecule has 1 heterocycles. The molecule has 0 saturated heterocycles. The number of amides is 1. The van der Waals surface area contributed by atoms with Gasteiger partial charge in [-0.05, 0) is 94.0 Å². The van der Waals surface area contributed by atoms with Gasteiger partial charge in [0.2, 0.25) is 5.91 Å². The van der Waals surface area contributed by atoms with Crippen LogP contribution in [0.4, 0.5) is 11.4 Å². The number of hydrogen-bond acceptors (Lipinski definition) is 4. The number of anilines is 2. The summed E-state index contributed by atoms with van der Waals surface area (Å²) < 4.78 is 5.39. The van der Waals surface area contributed by atoms with Crippen LogP contribution < -0.4 is 10.2 Å². The summed E-state index contributed by atoms with van der Waals surface area (Å²) in [6.07, 6.45) is 5.17. The number of carbonyl (C=O) groups excluding carboxylic acids is 2. The second-order valence-electron chi connectivity index (χ2n) is 11.9. The topological polar surface area (TPSA) is 58.6 Å². The first-order valence-corrected chi connectivity index (χ1v) is 15.5. The van der Waals surface area contributed by atoms with Crippen molar-refractivity contribution in [3.8, 4) is 0 Å². The van der Waals surface area contributed by atoms with Crippen LogP contribution in [-0.2, 0) is 20.7 Å². The van der Waals surface area contributed by atoms with Gasteiger partial charge in [0.15, 0.2) is 0 Å². The summed E-state index contributed by atoms with van der Waals surface area (Å²) >= 11 is 12.9. The average molecular weight is 592 g/mol. The van der Waals surface area contributed by atoms with E-state index in [4.69, 9.17) is 27.9 Å². The van der Waals surface area contributed by atoms with Gasteiger partial charge in [-0.2, -0.15) is 0 Å². The predicted octanol–water partition coefficient (Wildman–Crippen LogP) is 9.25. The molecule has 0 bridgehead atoms. The van der Waals surface area contributed by atoms with Crippen molar-refractivity contribution in [2.45, 2.75) is 111 Å². The van der Waals surface area contributed by atoms with Crippen molar-refractivity contribution in [2.24, 2.45) is 5.92 Å². The number of rotatable bonds is 5. The molecule has 40 heavy (non-hydrogen) atoms. The number of ether oxygens (including phenoxy) is 1. The smallest absolute Gasteiger partial charge is 0.320 e. The Labute approximate surface area is 252 Å². The molecule has 2 aromatic rings. The molecule has 1 saturated carbocycles. The first-order chi connectivity index (χ1) is 18.9. The fourth-order valence-corrected chi connectivity index (χ4v) is 5.49. The number of nitrogens with one attached hydrogen (secondary N) is 1. The lowest BCUT2D eigenvalue weighted by atomic mass is 9.81. The van der Waals surface area contributed by atoms with Gasteiger partial charge in [0.05, 0.1) is 28.0 Å². The predicted molar refractivity (Wildman–Crippen MR) is 169 cm³/mol. The van der Waals surface area contributed by atoms with Gasteiger partial charge in [0.1, 0.15) is 5.60 Å². The molecule has 0 radical (unpaired) electrons. The Morgan fingerprint density at radius 2 is 1.57 bits per heavy atom. The summed E-state index contributed by atoms with van der Waals surface area (Å²) in [7, 11) is 0. The summed E-state index contributed by atoms with van der Waals surface area (Å²) in [4.78, 5) is 26.7. The lowest BCUT2D eigenvalue weighted by molar-refractivity contribution is -0.153. The Hall–Kier alpha value is -2.08. The first-order valence-electron chi connectivity index (χ1n) is 14.7. The minimum atomic E-state index is -0.466. The van der Waals surface area contributed by atoms with Crippen LogP contribution in [-0.4, -0.2) is 30.1 Å². The minimum Gasteiger partial charge on any atom is -0.459 e. The number of halogens is 2. The molecular weight excluding hydrogens is 543 g/mol. The van der Waals surface area contributed by atoms with Crippen LogP contribution >= 0.6 is 23.2 Å². The standard InChI is InChI=1S/C27H32Cl2N2O3.C4H10.C2H6/c1-27(2,3)34-25(33)16-30-20-12-9-17(10-13-20)19-8-7-18-11-14-24(32)31(23(18)15-19)26-21(28)5-4-6-22(26)29;1-4(2)3;1-2/h4-8,15,17,20,30H,9-14,16H2,1-3H3;4H,1-3H3;1-2H3. The summed E-state index contributed by atoms with van der Waals surface area (Å²) in [6.45, 7) is 16.4. The minimum absolute atomic E-state index is 0.00898. The van der Waals surface area contributed by atoms with Crippen molar-refractivity contribution < 1.29 is 14.3 Å². The first kappa shape index (κ1) is 34.1. The molecule has 0 aromatic heterocycles. The van der Waals surface area contributed by atoms with E-state index in [2.05, 4.69) is 44.3 Å². The maximum absolute atomic E-state index is 13.0. The van der Waals surface area contributed by atoms with Gasteiger partial charge in [0, 0.05) is 12.5 Å². The van der Waals surface area contributed by atoms with Gasteiger partial charge >= 0.3 is 5.97 Å². The van der Waals surface area contributed by atoms with Crippen molar-refractivity contribution in [1.82, 2.24) is 5.32 Å². The van der Waals surface area contributed by atoms with E-state index < -0.39 is 5.60 Å². The number of aryl methyl sites for hydroxylation is 1. The van der Waals surface area contributed by atoms with Crippen molar-refractivity contribution >= 4 is 46.5 Å². The molecule has 2 aliphatic rings. The monoisotopic (exact) mass is 590 g/mol. The van der Waals surface area contributed by atoms with E-state index in [0.29, 0.717) is 40.5 Å². The third-order valence-electron chi connectivity index (χ3n) is 6.52. The highest BCUT2D eigenvalue weighted by Crippen LogP contribution is 2.44. The number of para-hydroxylation sites is 1. The largest absolute Gasteiger partial charge is 0.459 e. The van der Waals surface area contributed by atoms with E-state index >= 15 is 0 Å². The third kappa shape index (κ3) is 10.1. The number of nitrogens with zero attached hydrogens (tertiary/aromatic N) is 1. The highest BCUT2D eigenvalue weighted by molar-refractivity contribution is 6.40. The van der Waals surface area contributed by atoms with E-state index in [9.17, 15) is 9.59 Å². The average Bonchev–Trinajstić information content (AvgIpc) is 2.88. The summed E-state index contributed by atoms with van der Waals surface area (Å²) in [5.41, 5.74) is 3.34. The molecule has 4 rings (SSSR count). The molecule has 1 amide bonds. The number of carbonyl (C=O) groups is 2. The zero-order valence-electron chi connectivity index (χ0n) is 25.6. The van der Waals surface area contributed by atoms with E-state index in [1.807, 2.05) is 34.6 Å². The second-order valence-corrected chi connectivity index (χ2v) is 12.7. The van der Waals surface area contributed by atoms with Crippen LogP contribution in [0.3, 0.4) is 0 Å². The molecule has 7 heteroatoms. The quantitative estimate of drug-likeness (QED) is 0.352. The van der Waals surface area contributed by atoms with Gasteiger partial charge in [-0.15, -0.1) is 0 Å². The molecule has 1 N–H and O–H groups in total. The van der Waals surface area contributed by atoms with Crippen LogP contribution in [0.15, 0.2) is 36.4 Å². The number of fused-ring (bicyclic) bond motifs is 1. The number of esters is 1. The third-order valence-corrected chi connectivity index (χ3v) is 7.13. The fraction of sp³-hybridized carbons (Fsp3) is 0.576. The SMILES string of the molecule is CC.CC(C)(C)OC(=O)CNC1CCC(c2ccc3c(c2)N(c2c(Cl)cccc2Cl)C(=O)CC3)CC1.CC(C)C. The Morgan fingerprint density at radius 1 is 1.00 bits per heavy atom. The highest BCUT2D eigenvalue weighted by atomic mass is 35.5. The van der Waals surface area contributed by atoms with Crippen molar-refractivity contribution in [2.75, 3.05) is 11.4 Å². The van der Waals surface area contributed by atoms with Gasteiger partial charge in [-0.1, -0.05) is 76.0 Å². The van der Waals surface area contributed by atoms with Crippen LogP contribution in [0.5, 0.6) is 0 Å². The number of hydrogen-bond donors (Lipinski definition) is 1. The molecule has 0 unspecified atom stereocenters. The zero-order chi connectivity index (χ0) is 30.0. The van der Waals surface area contributed by atoms with E-state index in [0.717, 1.165) is 42.9 Å². The molecule has 1 aliphatic carbocycles. The van der Waals surface area contributed by atoms with E-state index in [-0.39, 0.29) is 18.4 Å². The zero-order valence-corrected chi connectivity index (χ0v) is 27.1. The molecule has 0 spiro atoms. The van der Waals surface area contributed by atoms with Crippen molar-refractivity contribution in [3.63, 3.8) is 0 Å². The van der Waals surface area contributed by atoms with Crippen molar-refractivity contribution in [3.05, 3.63) is 57.6 Å². The lowest BCUT2D eigenvalue weighted by Crippen LogP contribution is -2.38. The lowest BCUT2D eigenvalue weighted by Gasteiger charge is -2.33. The molecular formula is C33H48Cl2N2O3. The molecule has 1 fully saturated rings. The van der Waals surface area contributed by atoms with Gasteiger partial charge < -0.3 is 10.1 Å². The maximum atomic E-state index is 13.0. The Morgan fingerprint density at radius 3 is 2.12 bits per heavy atom. The molecule has 2 aromatic carbocycles. The Bertz CT molecular complexity index is 1100. The summed E-state index contributed by atoms with van der Waals surface area (Å²) in [5.74, 6) is 1.03. The van der Waals surface area contributed by atoms with Crippen molar-refractivity contribution in [1.29, 1.82) is 0 Å². The highest BCUT2D eigenvalue weighted by Gasteiger charge is 2.30. The maximum Gasteiger partial charge on any atom is 0.320 e. The van der Waals surface area contributed by atoms with E-state index in [1.54, 1.807) is 23.1 Å². The molecule has 0 atom stereocenters. The van der Waals surface area contributed by atoms with Crippen LogP contribution in [0.25, 0.3) is 0 Å². The second kappa shape index (κ2) is 15.8. The fourth-order valence-electron chi connectivity index (χ4n) is 4.93. The van der Waals surface area contributed by atoms with Gasteiger partial charge in [-0.25, -0.2) is 0 Å². The van der Waals surface area contributed by atoms with Crippen LogP contribution in [0, 0.1) is 5.92 Å². The van der Waals surface area contributed by atoms with E-state index in [1.165, 1.54) is 5.56 Å². The summed E-state index contributed by atoms with van der Waals surface area (Å²) in [6, 6.07) is 12.1.